The third-order valence-corrected chi connectivity index (χ3v) is 5.21. The Labute approximate surface area is 181 Å². The van der Waals surface area contributed by atoms with Gasteiger partial charge in [-0.1, -0.05) is 17.8 Å². The number of thioether (sulfide) groups is 1. The van der Waals surface area contributed by atoms with Crippen LogP contribution < -0.4 is 16.6 Å². The summed E-state index contributed by atoms with van der Waals surface area (Å²) < 4.78 is 1.18. The summed E-state index contributed by atoms with van der Waals surface area (Å²) in [6, 6.07) is 11.6. The second-order valence-electron chi connectivity index (χ2n) is 6.53. The average Bonchev–Trinajstić information content (AvgIpc) is 3.09. The zero-order valence-corrected chi connectivity index (χ0v) is 17.6. The lowest BCUT2D eigenvalue weighted by molar-refractivity contribution is -0.384. The van der Waals surface area contributed by atoms with E-state index in [1.165, 1.54) is 23.0 Å². The summed E-state index contributed by atoms with van der Waals surface area (Å²) in [4.78, 5) is 22.4. The maximum absolute atomic E-state index is 12.2. The van der Waals surface area contributed by atoms with E-state index in [0.29, 0.717) is 10.7 Å². The van der Waals surface area contributed by atoms with E-state index >= 15 is 0 Å². The van der Waals surface area contributed by atoms with Crippen molar-refractivity contribution >= 4 is 41.2 Å². The lowest BCUT2D eigenvalue weighted by Gasteiger charge is -2.07. The highest BCUT2D eigenvalue weighted by Crippen LogP contribution is 2.18. The van der Waals surface area contributed by atoms with Crippen LogP contribution in [0.1, 0.15) is 16.7 Å². The summed E-state index contributed by atoms with van der Waals surface area (Å²) in [5.74, 6) is 6.03. The number of hydrogen-bond acceptors (Lipinski definition) is 9. The van der Waals surface area contributed by atoms with Crippen LogP contribution in [0.5, 0.6) is 0 Å². The number of carbonyl (C=O) groups excluding carboxylic acids is 1. The van der Waals surface area contributed by atoms with Crippen LogP contribution in [0.15, 0.2) is 52.7 Å². The monoisotopic (exact) mass is 440 g/mol. The Kier molecular flexibility index (Phi) is 6.82. The first-order valence-corrected chi connectivity index (χ1v) is 10.1. The van der Waals surface area contributed by atoms with Crippen LogP contribution in [-0.2, 0) is 4.79 Å². The molecule has 0 aliphatic carbocycles. The normalized spacial score (nSPS) is 10.9. The van der Waals surface area contributed by atoms with Gasteiger partial charge >= 0.3 is 0 Å². The maximum atomic E-state index is 12.2. The molecule has 0 saturated carbocycles. The average molecular weight is 440 g/mol. The molecule has 0 spiro atoms. The second kappa shape index (κ2) is 9.71. The van der Waals surface area contributed by atoms with Crippen LogP contribution in [0.2, 0.25) is 0 Å². The molecule has 4 N–H and O–H groups in total. The van der Waals surface area contributed by atoms with E-state index in [2.05, 4.69) is 26.0 Å². The van der Waals surface area contributed by atoms with E-state index in [4.69, 9.17) is 5.84 Å². The number of nitrogens with two attached hydrogens (primary N) is 1. The van der Waals surface area contributed by atoms with E-state index in [0.717, 1.165) is 28.6 Å². The minimum atomic E-state index is -0.475. The van der Waals surface area contributed by atoms with Gasteiger partial charge in [-0.15, -0.1) is 10.2 Å². The number of non-ortho nitro benzene ring substituents is 1. The number of aromatic nitrogens is 3. The van der Waals surface area contributed by atoms with Crippen molar-refractivity contribution in [2.75, 3.05) is 22.3 Å². The van der Waals surface area contributed by atoms with Crippen LogP contribution in [-0.4, -0.2) is 37.7 Å². The van der Waals surface area contributed by atoms with Crippen LogP contribution >= 0.6 is 11.8 Å². The van der Waals surface area contributed by atoms with Crippen LogP contribution in [0.25, 0.3) is 0 Å². The number of hydrazone groups is 1. The lowest BCUT2D eigenvalue weighted by Crippen LogP contribution is -2.17. The van der Waals surface area contributed by atoms with Crippen molar-refractivity contribution in [2.24, 2.45) is 5.10 Å². The smallest absolute Gasteiger partial charge is 0.269 e. The van der Waals surface area contributed by atoms with E-state index in [9.17, 15) is 14.9 Å². The fourth-order valence-corrected chi connectivity index (χ4v) is 3.10. The van der Waals surface area contributed by atoms with Gasteiger partial charge in [0.15, 0.2) is 0 Å². The number of amides is 1. The first-order chi connectivity index (χ1) is 14.8. The number of nitro benzene ring substituents is 1. The molecule has 1 heterocycles. The zero-order chi connectivity index (χ0) is 22.4. The third kappa shape index (κ3) is 5.79. The number of carbonyl (C=O) groups is 1. The summed E-state index contributed by atoms with van der Waals surface area (Å²) in [5.41, 5.74) is 6.27. The Morgan fingerprint density at radius 1 is 1.23 bits per heavy atom. The standard InChI is InChI=1S/C19H20N8O3S/c1-12-3-6-15(9-13(12)2)22-17(28)11-31-19-25-24-18(26(19)20)23-21-10-14-4-7-16(8-5-14)27(29)30/h3-10H,11,20H2,1-2H3,(H,22,28)(H,23,24)/b21-10+. The van der Waals surface area contributed by atoms with Gasteiger partial charge in [0.2, 0.25) is 11.1 Å². The molecule has 160 valence electrons. The number of aryl methyl sites for hydroxylation is 2. The molecule has 0 radical (unpaired) electrons. The molecule has 0 unspecified atom stereocenters. The molecule has 3 aromatic rings. The summed E-state index contributed by atoms with van der Waals surface area (Å²) in [5, 5.41) is 25.6. The minimum Gasteiger partial charge on any atom is -0.334 e. The fourth-order valence-electron chi connectivity index (χ4n) is 2.44. The Morgan fingerprint density at radius 2 is 1.97 bits per heavy atom. The number of nitrogens with zero attached hydrogens (tertiary/aromatic N) is 5. The Hall–Kier alpha value is -3.93. The maximum Gasteiger partial charge on any atom is 0.269 e. The quantitative estimate of drug-likeness (QED) is 0.159. The van der Waals surface area contributed by atoms with E-state index in [1.807, 2.05) is 32.0 Å². The lowest BCUT2D eigenvalue weighted by atomic mass is 10.1. The summed E-state index contributed by atoms with van der Waals surface area (Å²) in [6.45, 7) is 3.99. The molecule has 1 amide bonds. The number of benzene rings is 2. The first kappa shape index (κ1) is 21.8. The zero-order valence-electron chi connectivity index (χ0n) is 16.8. The molecule has 0 fully saturated rings. The van der Waals surface area contributed by atoms with Gasteiger partial charge in [0.05, 0.1) is 16.9 Å². The highest BCUT2D eigenvalue weighted by Gasteiger charge is 2.12. The fraction of sp³-hybridized carbons (Fsp3) is 0.158. The molecule has 12 heteroatoms. The summed E-state index contributed by atoms with van der Waals surface area (Å²) in [7, 11) is 0. The van der Waals surface area contributed by atoms with E-state index in [1.54, 1.807) is 12.1 Å². The van der Waals surface area contributed by atoms with Crippen molar-refractivity contribution in [2.45, 2.75) is 19.0 Å². The molecule has 0 saturated heterocycles. The Bertz CT molecular complexity index is 1130. The van der Waals surface area contributed by atoms with Crippen LogP contribution in [0, 0.1) is 24.0 Å². The van der Waals surface area contributed by atoms with Crippen LogP contribution in [0.3, 0.4) is 0 Å². The molecule has 11 nitrogen and oxygen atoms in total. The molecular formula is C19H20N8O3S. The number of nitro groups is 1. The number of nitrogens with one attached hydrogen (secondary N) is 2. The van der Waals surface area contributed by atoms with Gasteiger partial charge in [0, 0.05) is 17.8 Å². The Balaban J connectivity index is 1.52. The SMILES string of the molecule is Cc1ccc(NC(=O)CSc2nnc(N/N=C/c3ccc([N+](=O)[O-])cc3)n2N)cc1C. The number of nitrogen functional groups attached to an aromatic ring is 1. The molecule has 3 rings (SSSR count). The van der Waals surface area contributed by atoms with Crippen molar-refractivity contribution in [1.29, 1.82) is 0 Å². The number of rotatable bonds is 8. The van der Waals surface area contributed by atoms with Gasteiger partial charge in [-0.05, 0) is 54.8 Å². The summed E-state index contributed by atoms with van der Waals surface area (Å²) in [6.07, 6.45) is 1.46. The highest BCUT2D eigenvalue weighted by atomic mass is 32.2. The van der Waals surface area contributed by atoms with Gasteiger partial charge in [-0.25, -0.2) is 10.1 Å². The molecule has 1 aromatic heterocycles. The van der Waals surface area contributed by atoms with Gasteiger partial charge in [0.25, 0.3) is 11.6 Å². The van der Waals surface area contributed by atoms with Crippen molar-refractivity contribution < 1.29 is 9.72 Å². The van der Waals surface area contributed by atoms with E-state index in [-0.39, 0.29) is 23.3 Å². The Morgan fingerprint density at radius 3 is 2.65 bits per heavy atom. The molecule has 0 aliphatic rings. The largest absolute Gasteiger partial charge is 0.334 e. The van der Waals surface area contributed by atoms with Crippen molar-refractivity contribution in [3.05, 3.63) is 69.3 Å². The summed E-state index contributed by atoms with van der Waals surface area (Å²) >= 11 is 1.13. The minimum absolute atomic E-state index is 0.00460. The van der Waals surface area contributed by atoms with E-state index < -0.39 is 4.92 Å². The van der Waals surface area contributed by atoms with Crippen molar-refractivity contribution in [1.82, 2.24) is 14.9 Å². The topological polar surface area (TPSA) is 153 Å². The van der Waals surface area contributed by atoms with Gasteiger partial charge in [-0.2, -0.15) is 5.10 Å². The van der Waals surface area contributed by atoms with Gasteiger partial charge in [0.1, 0.15) is 0 Å². The molecule has 0 bridgehead atoms. The molecule has 2 aromatic carbocycles. The molecule has 0 aliphatic heterocycles. The highest BCUT2D eigenvalue weighted by molar-refractivity contribution is 7.99. The third-order valence-electron chi connectivity index (χ3n) is 4.27. The van der Waals surface area contributed by atoms with Crippen molar-refractivity contribution in [3.8, 4) is 0 Å². The predicted octanol–water partition coefficient (Wildman–Crippen LogP) is 2.69. The van der Waals surface area contributed by atoms with Crippen LogP contribution in [0.4, 0.5) is 17.3 Å². The number of hydrogen-bond donors (Lipinski definition) is 3. The second-order valence-corrected chi connectivity index (χ2v) is 7.47. The number of anilines is 2. The molecule has 0 atom stereocenters. The predicted molar refractivity (Wildman–Crippen MR) is 120 cm³/mol. The van der Waals surface area contributed by atoms with Gasteiger partial charge in [-0.3, -0.25) is 14.9 Å². The van der Waals surface area contributed by atoms with Crippen molar-refractivity contribution in [3.63, 3.8) is 0 Å². The van der Waals surface area contributed by atoms with Gasteiger partial charge < -0.3 is 11.2 Å². The first-order valence-electron chi connectivity index (χ1n) is 9.07. The molecular weight excluding hydrogens is 420 g/mol. The molecule has 31 heavy (non-hydrogen) atoms.